The van der Waals surface area contributed by atoms with E-state index < -0.39 is 0 Å². The number of unbranched alkanes of at least 4 members (excludes halogenated alkanes) is 8. The van der Waals surface area contributed by atoms with Crippen LogP contribution in [0, 0.1) is 0 Å². The number of rotatable bonds is 20. The van der Waals surface area contributed by atoms with E-state index >= 15 is 0 Å². The first kappa shape index (κ1) is 33.6. The van der Waals surface area contributed by atoms with Crippen molar-refractivity contribution in [3.05, 3.63) is 70.8 Å². The molecular weight excluding hydrogens is 572 g/mol. The predicted molar refractivity (Wildman–Crippen MR) is 170 cm³/mol. The van der Waals surface area contributed by atoms with E-state index in [0.717, 1.165) is 57.8 Å². The van der Waals surface area contributed by atoms with Gasteiger partial charge in [-0.3, -0.25) is 38.6 Å². The van der Waals surface area contributed by atoms with Gasteiger partial charge < -0.3 is 10.6 Å². The third-order valence-electron chi connectivity index (χ3n) is 8.33. The maximum atomic E-state index is 12.4. The Hall–Kier alpha value is -4.34. The minimum atomic E-state index is -0.234. The summed E-state index contributed by atoms with van der Waals surface area (Å²) in [7, 11) is 0. The topological polar surface area (TPSA) is 133 Å². The molecule has 10 heteroatoms. The zero-order valence-electron chi connectivity index (χ0n) is 26.0. The Morgan fingerprint density at radius 1 is 0.444 bits per heavy atom. The smallest absolute Gasteiger partial charge is 0.261 e. The Morgan fingerprint density at radius 3 is 1.11 bits per heavy atom. The summed E-state index contributed by atoms with van der Waals surface area (Å²) >= 11 is 0. The van der Waals surface area contributed by atoms with Crippen LogP contribution in [0.2, 0.25) is 0 Å². The summed E-state index contributed by atoms with van der Waals surface area (Å²) in [5, 5.41) is 5.92. The number of hydrogen-bond acceptors (Lipinski definition) is 6. The lowest BCUT2D eigenvalue weighted by Crippen LogP contribution is -2.30. The van der Waals surface area contributed by atoms with Crippen LogP contribution in [-0.2, 0) is 9.59 Å². The van der Waals surface area contributed by atoms with Crippen LogP contribution in [-0.4, -0.2) is 71.4 Å². The predicted octanol–water partition coefficient (Wildman–Crippen LogP) is 4.88. The number of amides is 6. The molecule has 0 fully saturated rings. The fourth-order valence-corrected chi connectivity index (χ4v) is 5.76. The fourth-order valence-electron chi connectivity index (χ4n) is 5.76. The first-order chi connectivity index (χ1) is 21.9. The molecule has 0 saturated heterocycles. The van der Waals surface area contributed by atoms with Crippen molar-refractivity contribution in [1.29, 1.82) is 0 Å². The number of benzene rings is 2. The SMILES string of the molecule is O=C(CCCCCN1C(=O)c2ccccc2C1=O)NCCCCCCCNC(=O)CCCCCN1C(=O)c2ccccc2C1=O. The highest BCUT2D eigenvalue weighted by molar-refractivity contribution is 6.22. The van der Waals surface area contributed by atoms with Gasteiger partial charge in [-0.15, -0.1) is 0 Å². The molecule has 0 radical (unpaired) electrons. The van der Waals surface area contributed by atoms with Gasteiger partial charge in [0.15, 0.2) is 0 Å². The quantitative estimate of drug-likeness (QED) is 0.161. The van der Waals surface area contributed by atoms with Crippen molar-refractivity contribution in [1.82, 2.24) is 20.4 Å². The molecule has 2 aromatic rings. The van der Waals surface area contributed by atoms with Gasteiger partial charge in [-0.1, -0.05) is 56.4 Å². The Labute approximate surface area is 264 Å². The summed E-state index contributed by atoms with van der Waals surface area (Å²) in [5.74, 6) is -0.878. The van der Waals surface area contributed by atoms with Gasteiger partial charge >= 0.3 is 0 Å². The average Bonchev–Trinajstić information content (AvgIpc) is 3.44. The molecule has 0 aromatic heterocycles. The van der Waals surface area contributed by atoms with E-state index in [-0.39, 0.29) is 35.4 Å². The molecule has 0 bridgehead atoms. The van der Waals surface area contributed by atoms with Crippen LogP contribution in [0.25, 0.3) is 0 Å². The first-order valence-electron chi connectivity index (χ1n) is 16.3. The highest BCUT2D eigenvalue weighted by Crippen LogP contribution is 2.24. The zero-order chi connectivity index (χ0) is 32.0. The average molecular weight is 617 g/mol. The summed E-state index contributed by atoms with van der Waals surface area (Å²) in [6, 6.07) is 13.8. The van der Waals surface area contributed by atoms with E-state index in [4.69, 9.17) is 0 Å². The molecule has 2 aliphatic rings. The highest BCUT2D eigenvalue weighted by atomic mass is 16.2. The van der Waals surface area contributed by atoms with Gasteiger partial charge in [-0.25, -0.2) is 0 Å². The molecule has 0 unspecified atom stereocenters. The van der Waals surface area contributed by atoms with E-state index in [1.54, 1.807) is 48.5 Å². The van der Waals surface area contributed by atoms with Gasteiger partial charge in [0.2, 0.25) is 11.8 Å². The Balaban J connectivity index is 0.904. The van der Waals surface area contributed by atoms with Gasteiger partial charge in [-0.05, 0) is 62.8 Å². The summed E-state index contributed by atoms with van der Waals surface area (Å²) in [6.45, 7) is 2.05. The van der Waals surface area contributed by atoms with Gasteiger partial charge in [-0.2, -0.15) is 0 Å². The largest absolute Gasteiger partial charge is 0.356 e. The van der Waals surface area contributed by atoms with Gasteiger partial charge in [0.25, 0.3) is 23.6 Å². The number of nitrogens with zero attached hydrogens (tertiary/aromatic N) is 2. The number of imide groups is 2. The molecule has 45 heavy (non-hydrogen) atoms. The van der Waals surface area contributed by atoms with E-state index in [0.29, 0.717) is 74.1 Å². The summed E-state index contributed by atoms with van der Waals surface area (Å²) < 4.78 is 0. The number of carbonyl (C=O) groups is 6. The Morgan fingerprint density at radius 2 is 0.756 bits per heavy atom. The first-order valence-corrected chi connectivity index (χ1v) is 16.3. The lowest BCUT2D eigenvalue weighted by Gasteiger charge is -2.13. The number of fused-ring (bicyclic) bond motifs is 2. The second-order valence-corrected chi connectivity index (χ2v) is 11.7. The molecule has 240 valence electrons. The van der Waals surface area contributed by atoms with Crippen LogP contribution < -0.4 is 10.6 Å². The van der Waals surface area contributed by atoms with Crippen LogP contribution in [0.1, 0.15) is 125 Å². The molecule has 2 aliphatic heterocycles. The molecule has 2 N–H and O–H groups in total. The highest BCUT2D eigenvalue weighted by Gasteiger charge is 2.35. The van der Waals surface area contributed by atoms with E-state index in [1.165, 1.54) is 9.80 Å². The van der Waals surface area contributed by atoms with Gasteiger partial charge in [0.05, 0.1) is 22.3 Å². The Kier molecular flexibility index (Phi) is 12.8. The van der Waals surface area contributed by atoms with Crippen LogP contribution >= 0.6 is 0 Å². The molecule has 0 aliphatic carbocycles. The lowest BCUT2D eigenvalue weighted by atomic mass is 10.1. The monoisotopic (exact) mass is 616 g/mol. The third-order valence-corrected chi connectivity index (χ3v) is 8.33. The second-order valence-electron chi connectivity index (χ2n) is 11.7. The summed E-state index contributed by atoms with van der Waals surface area (Å²) in [6.07, 6.45) is 10.1. The van der Waals surface area contributed by atoms with Crippen LogP contribution in [0.3, 0.4) is 0 Å². The molecule has 2 aromatic carbocycles. The number of nitrogens with one attached hydrogen (secondary N) is 2. The number of carbonyl (C=O) groups excluding carboxylic acids is 6. The normalized spacial score (nSPS) is 13.8. The standard InChI is InChI=1S/C35H44N4O6/c40-30(20-6-4-14-24-38-32(42)26-16-8-9-17-27(26)33(38)43)36-22-12-2-1-3-13-23-37-31(41)21-7-5-15-25-39-34(44)28-18-10-11-19-29(28)35(39)45/h8-11,16-19H,1-7,12-15,20-25H2,(H,36,40)(H,37,41). The van der Waals surface area contributed by atoms with Gasteiger partial charge in [0.1, 0.15) is 0 Å². The van der Waals surface area contributed by atoms with E-state index in [2.05, 4.69) is 10.6 Å². The minimum absolute atomic E-state index is 0.0297. The Bertz CT molecular complexity index is 1220. The molecule has 2 heterocycles. The van der Waals surface area contributed by atoms with Crippen molar-refractivity contribution < 1.29 is 28.8 Å². The maximum absolute atomic E-state index is 12.4. The van der Waals surface area contributed by atoms with Gasteiger partial charge in [0, 0.05) is 39.0 Å². The van der Waals surface area contributed by atoms with Crippen molar-refractivity contribution in [3.63, 3.8) is 0 Å². The van der Waals surface area contributed by atoms with Crippen molar-refractivity contribution in [2.45, 2.75) is 83.5 Å². The fraction of sp³-hybridized carbons (Fsp3) is 0.486. The van der Waals surface area contributed by atoms with Crippen LogP contribution in [0.15, 0.2) is 48.5 Å². The van der Waals surface area contributed by atoms with Crippen molar-refractivity contribution in [2.24, 2.45) is 0 Å². The number of hydrogen-bond donors (Lipinski definition) is 2. The molecule has 0 saturated carbocycles. The molecule has 10 nitrogen and oxygen atoms in total. The van der Waals surface area contributed by atoms with Crippen LogP contribution in [0.4, 0.5) is 0 Å². The van der Waals surface area contributed by atoms with E-state index in [1.807, 2.05) is 0 Å². The molecule has 0 spiro atoms. The van der Waals surface area contributed by atoms with Crippen LogP contribution in [0.5, 0.6) is 0 Å². The minimum Gasteiger partial charge on any atom is -0.356 e. The summed E-state index contributed by atoms with van der Waals surface area (Å²) in [4.78, 5) is 76.3. The van der Waals surface area contributed by atoms with E-state index in [9.17, 15) is 28.8 Å². The zero-order valence-corrected chi connectivity index (χ0v) is 26.0. The molecule has 4 rings (SSSR count). The molecular formula is C35H44N4O6. The molecule has 0 atom stereocenters. The maximum Gasteiger partial charge on any atom is 0.261 e. The second kappa shape index (κ2) is 17.2. The third kappa shape index (κ3) is 9.33. The summed E-state index contributed by atoms with van der Waals surface area (Å²) in [5.41, 5.74) is 1.87. The lowest BCUT2D eigenvalue weighted by molar-refractivity contribution is -0.122. The van der Waals surface area contributed by atoms with Crippen molar-refractivity contribution in [2.75, 3.05) is 26.2 Å². The van der Waals surface area contributed by atoms with Crippen molar-refractivity contribution >= 4 is 35.4 Å². The molecule has 6 amide bonds. The van der Waals surface area contributed by atoms with Crippen molar-refractivity contribution in [3.8, 4) is 0 Å².